The van der Waals surface area contributed by atoms with Crippen molar-refractivity contribution in [1.29, 1.82) is 0 Å². The summed E-state index contributed by atoms with van der Waals surface area (Å²) in [6.07, 6.45) is 0. The Kier molecular flexibility index (Phi) is 16.8. The normalized spacial score (nSPS) is 11.6. The summed E-state index contributed by atoms with van der Waals surface area (Å²) in [7, 11) is 0. The van der Waals surface area contributed by atoms with Gasteiger partial charge >= 0.3 is 0 Å². The lowest BCUT2D eigenvalue weighted by molar-refractivity contribution is 1.08. The minimum atomic E-state index is 0.636. The molecule has 524 valence electrons. The van der Waals surface area contributed by atoms with Crippen molar-refractivity contribution in [1.82, 2.24) is 49.8 Å². The molecule has 112 heavy (non-hydrogen) atoms. The third kappa shape index (κ3) is 12.1. The molecule has 14 aromatic carbocycles. The summed E-state index contributed by atoms with van der Waals surface area (Å²) in [5.41, 5.74) is 18.3. The number of aromatic nitrogens is 10. The van der Waals surface area contributed by atoms with Gasteiger partial charge in [0.05, 0.1) is 31.8 Å². The summed E-state index contributed by atoms with van der Waals surface area (Å²) in [5.74, 6) is 5.24. The Morgan fingerprint density at radius 3 is 0.866 bits per heavy atom. The van der Waals surface area contributed by atoms with Crippen molar-refractivity contribution in [2.24, 2.45) is 0 Å². The van der Waals surface area contributed by atoms with Gasteiger partial charge in [-0.15, -0.1) is 45.3 Å². The molecule has 10 nitrogen and oxygen atoms in total. The van der Waals surface area contributed by atoms with Gasteiger partial charge in [-0.1, -0.05) is 309 Å². The number of rotatable bonds is 12. The SMILES string of the molecule is c1ccc(-c2ccc(-c3nc(-c4cccc5c4sc4cccc(-c6nc(-c7ccccc7)nc(-c7ccccc7)n6)c45)nc4c3sc3ccccc34)cc2)cc1.c1ccc(-c2cccc(-c3nc(-c4cccc5c4sc4cccc(-c6nc(-c7ccccc7)nc(-c7ccccc7)n6)c45)nc4c3sc3ccccc34)c2)cc1. The molecule has 8 aromatic heterocycles. The highest BCUT2D eigenvalue weighted by Crippen LogP contribution is 2.49. The van der Waals surface area contributed by atoms with E-state index >= 15 is 0 Å². The van der Waals surface area contributed by atoms with Gasteiger partial charge in [-0.05, 0) is 64.7 Å². The van der Waals surface area contributed by atoms with Gasteiger partial charge in [0.15, 0.2) is 46.6 Å². The third-order valence-corrected chi connectivity index (χ3v) is 25.1. The number of hydrogen-bond donors (Lipinski definition) is 0. The van der Waals surface area contributed by atoms with Crippen LogP contribution in [0.15, 0.2) is 352 Å². The van der Waals surface area contributed by atoms with E-state index in [0.29, 0.717) is 46.6 Å². The lowest BCUT2D eigenvalue weighted by Crippen LogP contribution is -2.00. The van der Waals surface area contributed by atoms with Crippen LogP contribution in [0.5, 0.6) is 0 Å². The van der Waals surface area contributed by atoms with Crippen LogP contribution in [0.25, 0.3) is 217 Å². The molecule has 0 bridgehead atoms. The van der Waals surface area contributed by atoms with Crippen LogP contribution in [0, 0.1) is 0 Å². The highest BCUT2D eigenvalue weighted by molar-refractivity contribution is 7.27. The first-order chi connectivity index (χ1) is 55.5. The average molecular weight is 1500 g/mol. The van der Waals surface area contributed by atoms with E-state index in [-0.39, 0.29) is 0 Å². The number of benzene rings is 14. The van der Waals surface area contributed by atoms with Crippen LogP contribution in [0.3, 0.4) is 0 Å². The molecule has 0 spiro atoms. The van der Waals surface area contributed by atoms with E-state index < -0.39 is 0 Å². The van der Waals surface area contributed by atoms with Crippen LogP contribution in [0.2, 0.25) is 0 Å². The molecule has 0 saturated heterocycles. The van der Waals surface area contributed by atoms with Crippen molar-refractivity contribution in [3.05, 3.63) is 352 Å². The third-order valence-electron chi connectivity index (χ3n) is 20.4. The maximum atomic E-state index is 5.44. The lowest BCUT2D eigenvalue weighted by atomic mass is 10.0. The first-order valence-electron chi connectivity index (χ1n) is 36.8. The molecule has 0 fully saturated rings. The quantitative estimate of drug-likeness (QED) is 0.117. The molecule has 22 rings (SSSR count). The van der Waals surface area contributed by atoms with Crippen molar-refractivity contribution in [3.63, 3.8) is 0 Å². The highest BCUT2D eigenvalue weighted by atomic mass is 32.1. The maximum Gasteiger partial charge on any atom is 0.164 e. The zero-order valence-electron chi connectivity index (χ0n) is 59.6. The Balaban J connectivity index is 0.000000141. The molecule has 0 aliphatic heterocycles. The maximum absolute atomic E-state index is 5.44. The zero-order chi connectivity index (χ0) is 74.0. The van der Waals surface area contributed by atoms with Crippen LogP contribution in [0.4, 0.5) is 0 Å². The molecular weight excluding hydrogens is 1450 g/mol. The summed E-state index contributed by atoms with van der Waals surface area (Å²) >= 11 is 7.02. The standard InChI is InChI=1S/2C49H29N5S2/c1-4-15-30(16-5-1)33-21-12-22-34(29-33)42-45-43(35-23-10-11-27-39(35)55-45)51-49(50-42)38-26-13-24-36-41-37(25-14-28-40(41)56-44(36)38)48-53-46(31-17-6-2-7-18-31)52-47(54-48)32-19-8-3-9-20-32;1-4-14-30(15-5-1)31-26-28-32(29-27-31)42-45-43(35-20-10-11-24-39(35)55-45)51-49(50-42)38-23-12-21-36-41-37(22-13-25-40(41)56-44(36)38)48-53-46(33-16-6-2-7-17-33)52-47(54-48)34-18-8-3-9-19-34/h2*1-29H. The number of fused-ring (bicyclic) bond motifs is 12. The minimum Gasteiger partial charge on any atom is -0.226 e. The minimum absolute atomic E-state index is 0.636. The van der Waals surface area contributed by atoms with E-state index in [1.165, 1.54) is 26.1 Å². The fourth-order valence-electron chi connectivity index (χ4n) is 15.0. The second-order valence-corrected chi connectivity index (χ2v) is 31.4. The number of thiophene rings is 4. The molecule has 0 unspecified atom stereocenters. The second kappa shape index (κ2) is 28.3. The van der Waals surface area contributed by atoms with Gasteiger partial charge in [0, 0.05) is 116 Å². The van der Waals surface area contributed by atoms with Gasteiger partial charge in [0.1, 0.15) is 0 Å². The van der Waals surface area contributed by atoms with Gasteiger partial charge in [-0.3, -0.25) is 0 Å². The number of nitrogens with zero attached hydrogens (tertiary/aromatic N) is 10. The molecule has 14 heteroatoms. The molecule has 0 aliphatic rings. The predicted molar refractivity (Wildman–Crippen MR) is 468 cm³/mol. The molecule has 0 aliphatic carbocycles. The first kappa shape index (κ1) is 66.4. The Morgan fingerprint density at radius 1 is 0.161 bits per heavy atom. The van der Waals surface area contributed by atoms with Gasteiger partial charge in [-0.25, -0.2) is 49.8 Å². The molecular formula is C98H58N10S4. The number of hydrogen-bond acceptors (Lipinski definition) is 14. The topological polar surface area (TPSA) is 129 Å². The van der Waals surface area contributed by atoms with Crippen LogP contribution in [-0.4, -0.2) is 49.8 Å². The second-order valence-electron chi connectivity index (χ2n) is 27.2. The van der Waals surface area contributed by atoms with Crippen LogP contribution >= 0.6 is 45.3 Å². The summed E-state index contributed by atoms with van der Waals surface area (Å²) in [5, 5.41) is 6.73. The van der Waals surface area contributed by atoms with Crippen molar-refractivity contribution in [2.75, 3.05) is 0 Å². The Hall–Kier alpha value is -13.9. The Morgan fingerprint density at radius 2 is 0.438 bits per heavy atom. The van der Waals surface area contributed by atoms with Gasteiger partial charge in [-0.2, -0.15) is 0 Å². The molecule has 0 radical (unpaired) electrons. The first-order valence-corrected chi connectivity index (χ1v) is 40.1. The van der Waals surface area contributed by atoms with E-state index in [1.807, 2.05) is 127 Å². The van der Waals surface area contributed by atoms with Gasteiger partial charge in [0.2, 0.25) is 0 Å². The predicted octanol–water partition coefficient (Wildman–Crippen LogP) is 26.8. The average Bonchev–Trinajstić information content (AvgIpc) is 1.58. The lowest BCUT2D eigenvalue weighted by Gasteiger charge is -2.10. The Labute approximate surface area is 658 Å². The summed E-state index contributed by atoms with van der Waals surface area (Å²) in [6, 6.07) is 122. The largest absolute Gasteiger partial charge is 0.226 e. The van der Waals surface area contributed by atoms with Crippen molar-refractivity contribution >= 4 is 126 Å². The summed E-state index contributed by atoms with van der Waals surface area (Å²) in [4.78, 5) is 51.9. The molecule has 8 heterocycles. The van der Waals surface area contributed by atoms with Gasteiger partial charge in [0.25, 0.3) is 0 Å². The van der Waals surface area contributed by atoms with Crippen molar-refractivity contribution < 1.29 is 0 Å². The van der Waals surface area contributed by atoms with Crippen LogP contribution < -0.4 is 0 Å². The van der Waals surface area contributed by atoms with Crippen LogP contribution in [-0.2, 0) is 0 Å². The van der Waals surface area contributed by atoms with E-state index in [1.54, 1.807) is 45.3 Å². The van der Waals surface area contributed by atoms with Crippen molar-refractivity contribution in [3.8, 4) is 136 Å². The van der Waals surface area contributed by atoms with E-state index in [0.717, 1.165) is 144 Å². The molecule has 0 atom stereocenters. The molecule has 22 aromatic rings. The van der Waals surface area contributed by atoms with E-state index in [4.69, 9.17) is 49.8 Å². The molecule has 0 saturated carbocycles. The smallest absolute Gasteiger partial charge is 0.164 e. The summed E-state index contributed by atoms with van der Waals surface area (Å²) < 4.78 is 9.11. The summed E-state index contributed by atoms with van der Waals surface area (Å²) in [6.45, 7) is 0. The highest BCUT2D eigenvalue weighted by Gasteiger charge is 2.26. The van der Waals surface area contributed by atoms with E-state index in [2.05, 4.69) is 224 Å². The molecule has 0 amide bonds. The van der Waals surface area contributed by atoms with Gasteiger partial charge < -0.3 is 0 Å². The van der Waals surface area contributed by atoms with E-state index in [9.17, 15) is 0 Å². The van der Waals surface area contributed by atoms with Crippen LogP contribution in [0.1, 0.15) is 0 Å². The Bertz CT molecular complexity index is 7250. The van der Waals surface area contributed by atoms with Crippen molar-refractivity contribution in [2.45, 2.75) is 0 Å². The zero-order valence-corrected chi connectivity index (χ0v) is 62.9. The fourth-order valence-corrected chi connectivity index (χ4v) is 19.8. The molecule has 0 N–H and O–H groups in total. The fraction of sp³-hybridized carbons (Fsp3) is 0. The monoisotopic (exact) mass is 1500 g/mol.